The summed E-state index contributed by atoms with van der Waals surface area (Å²) < 4.78 is 0. The van der Waals surface area contributed by atoms with Crippen LogP contribution in [0.4, 0.5) is 0 Å². The van der Waals surface area contributed by atoms with Crippen LogP contribution in [0.2, 0.25) is 0 Å². The van der Waals surface area contributed by atoms with Crippen molar-refractivity contribution in [2.45, 2.75) is 26.3 Å². The lowest BCUT2D eigenvalue weighted by atomic mass is 10.1. The molecule has 0 radical (unpaired) electrons. The predicted molar refractivity (Wildman–Crippen MR) is 81.4 cm³/mol. The standard InChI is InChI=1S/C16H21N3O/c1-2-8-19-16(20)7-9-17-11-14-12-18-10-13-5-3-4-6-15(13)14/h3-6,10,12,17H,2,7-9,11H2,1H3,(H,19,20). The number of carbonyl (C=O) groups is 1. The van der Waals surface area contributed by atoms with E-state index < -0.39 is 0 Å². The number of hydrogen-bond donors (Lipinski definition) is 2. The highest BCUT2D eigenvalue weighted by Gasteiger charge is 2.02. The van der Waals surface area contributed by atoms with E-state index in [1.54, 1.807) is 0 Å². The number of benzene rings is 1. The van der Waals surface area contributed by atoms with Crippen molar-refractivity contribution in [2.24, 2.45) is 0 Å². The highest BCUT2D eigenvalue weighted by Crippen LogP contribution is 2.16. The van der Waals surface area contributed by atoms with Gasteiger partial charge in [-0.1, -0.05) is 31.2 Å². The van der Waals surface area contributed by atoms with Gasteiger partial charge in [0.2, 0.25) is 5.91 Å². The summed E-state index contributed by atoms with van der Waals surface area (Å²) >= 11 is 0. The lowest BCUT2D eigenvalue weighted by Crippen LogP contribution is -2.28. The Morgan fingerprint density at radius 1 is 1.20 bits per heavy atom. The summed E-state index contributed by atoms with van der Waals surface area (Å²) in [6, 6.07) is 8.20. The van der Waals surface area contributed by atoms with Gasteiger partial charge in [0.15, 0.2) is 0 Å². The molecule has 0 saturated heterocycles. The molecule has 0 atom stereocenters. The summed E-state index contributed by atoms with van der Waals surface area (Å²) in [5, 5.41) is 8.53. The molecular formula is C16H21N3O. The van der Waals surface area contributed by atoms with Crippen molar-refractivity contribution in [1.29, 1.82) is 0 Å². The maximum absolute atomic E-state index is 11.5. The van der Waals surface area contributed by atoms with E-state index in [-0.39, 0.29) is 5.91 Å². The third-order valence-electron chi connectivity index (χ3n) is 3.17. The molecule has 1 aromatic heterocycles. The average molecular weight is 271 g/mol. The Labute approximate surface area is 119 Å². The Balaban J connectivity index is 1.83. The minimum atomic E-state index is 0.107. The first-order chi connectivity index (χ1) is 9.81. The minimum Gasteiger partial charge on any atom is -0.356 e. The molecule has 0 aliphatic rings. The van der Waals surface area contributed by atoms with Gasteiger partial charge >= 0.3 is 0 Å². The number of fused-ring (bicyclic) bond motifs is 1. The third kappa shape index (κ3) is 4.03. The summed E-state index contributed by atoms with van der Waals surface area (Å²) in [7, 11) is 0. The van der Waals surface area contributed by atoms with Crippen LogP contribution >= 0.6 is 0 Å². The molecule has 0 aliphatic heterocycles. The normalized spacial score (nSPS) is 10.7. The molecule has 0 aliphatic carbocycles. The molecule has 0 bridgehead atoms. The number of nitrogens with one attached hydrogen (secondary N) is 2. The molecule has 20 heavy (non-hydrogen) atoms. The van der Waals surface area contributed by atoms with Gasteiger partial charge in [-0.3, -0.25) is 9.78 Å². The number of pyridine rings is 1. The first-order valence-electron chi connectivity index (χ1n) is 7.10. The molecule has 106 valence electrons. The van der Waals surface area contributed by atoms with E-state index in [0.717, 1.165) is 30.5 Å². The van der Waals surface area contributed by atoms with Gasteiger partial charge in [0.05, 0.1) is 0 Å². The molecule has 2 aromatic rings. The van der Waals surface area contributed by atoms with Crippen molar-refractivity contribution < 1.29 is 4.79 Å². The lowest BCUT2D eigenvalue weighted by molar-refractivity contribution is -0.120. The van der Waals surface area contributed by atoms with Crippen molar-refractivity contribution in [1.82, 2.24) is 15.6 Å². The zero-order valence-electron chi connectivity index (χ0n) is 11.9. The van der Waals surface area contributed by atoms with Crippen LogP contribution in [0.15, 0.2) is 36.7 Å². The van der Waals surface area contributed by atoms with Gasteiger partial charge in [-0.05, 0) is 17.4 Å². The number of nitrogens with zero attached hydrogens (tertiary/aromatic N) is 1. The van der Waals surface area contributed by atoms with Crippen molar-refractivity contribution in [3.63, 3.8) is 0 Å². The van der Waals surface area contributed by atoms with Crippen LogP contribution < -0.4 is 10.6 Å². The van der Waals surface area contributed by atoms with E-state index in [0.29, 0.717) is 13.0 Å². The highest BCUT2D eigenvalue weighted by molar-refractivity contribution is 5.84. The van der Waals surface area contributed by atoms with Gasteiger partial charge < -0.3 is 10.6 Å². The zero-order chi connectivity index (χ0) is 14.2. The fourth-order valence-corrected chi connectivity index (χ4v) is 2.10. The van der Waals surface area contributed by atoms with Crippen molar-refractivity contribution in [3.05, 3.63) is 42.2 Å². The second-order valence-electron chi connectivity index (χ2n) is 4.80. The highest BCUT2D eigenvalue weighted by atomic mass is 16.1. The molecule has 0 fully saturated rings. The number of hydrogen-bond acceptors (Lipinski definition) is 3. The topological polar surface area (TPSA) is 54.0 Å². The first-order valence-corrected chi connectivity index (χ1v) is 7.10. The second-order valence-corrected chi connectivity index (χ2v) is 4.80. The van der Waals surface area contributed by atoms with E-state index in [2.05, 4.69) is 27.8 Å². The third-order valence-corrected chi connectivity index (χ3v) is 3.17. The molecular weight excluding hydrogens is 250 g/mol. The van der Waals surface area contributed by atoms with Gasteiger partial charge in [-0.2, -0.15) is 0 Å². The first kappa shape index (κ1) is 14.5. The zero-order valence-corrected chi connectivity index (χ0v) is 11.9. The van der Waals surface area contributed by atoms with Gasteiger partial charge in [0.25, 0.3) is 0 Å². The monoisotopic (exact) mass is 271 g/mol. The van der Waals surface area contributed by atoms with E-state index in [1.807, 2.05) is 31.5 Å². The van der Waals surface area contributed by atoms with E-state index in [4.69, 9.17) is 0 Å². The van der Waals surface area contributed by atoms with Crippen molar-refractivity contribution in [2.75, 3.05) is 13.1 Å². The molecule has 4 nitrogen and oxygen atoms in total. The van der Waals surface area contributed by atoms with Crippen LogP contribution in [-0.2, 0) is 11.3 Å². The fraction of sp³-hybridized carbons (Fsp3) is 0.375. The Hall–Kier alpha value is -1.94. The van der Waals surface area contributed by atoms with Gasteiger partial charge in [-0.15, -0.1) is 0 Å². The minimum absolute atomic E-state index is 0.107. The smallest absolute Gasteiger partial charge is 0.221 e. The second kappa shape index (κ2) is 7.60. The summed E-state index contributed by atoms with van der Waals surface area (Å²) in [4.78, 5) is 15.7. The summed E-state index contributed by atoms with van der Waals surface area (Å²) in [6.07, 6.45) is 5.24. The van der Waals surface area contributed by atoms with Crippen LogP contribution in [-0.4, -0.2) is 24.0 Å². The van der Waals surface area contributed by atoms with Crippen molar-refractivity contribution in [3.8, 4) is 0 Å². The van der Waals surface area contributed by atoms with E-state index in [9.17, 15) is 4.79 Å². The molecule has 0 spiro atoms. The average Bonchev–Trinajstić information content (AvgIpc) is 2.49. The van der Waals surface area contributed by atoms with Crippen LogP contribution in [0.5, 0.6) is 0 Å². The Bertz CT molecular complexity index is 563. The number of aromatic nitrogens is 1. The lowest BCUT2D eigenvalue weighted by Gasteiger charge is -2.08. The van der Waals surface area contributed by atoms with E-state index in [1.165, 1.54) is 5.39 Å². The molecule has 2 N–H and O–H groups in total. The van der Waals surface area contributed by atoms with Gasteiger partial charge in [-0.25, -0.2) is 0 Å². The SMILES string of the molecule is CCCNC(=O)CCNCc1cncc2ccccc12. The Morgan fingerprint density at radius 3 is 2.90 bits per heavy atom. The molecule has 0 saturated carbocycles. The van der Waals surface area contributed by atoms with Crippen LogP contribution in [0.25, 0.3) is 10.8 Å². The van der Waals surface area contributed by atoms with E-state index >= 15 is 0 Å². The Kier molecular flexibility index (Phi) is 5.50. The van der Waals surface area contributed by atoms with Crippen LogP contribution in [0.1, 0.15) is 25.3 Å². The van der Waals surface area contributed by atoms with Gasteiger partial charge in [0, 0.05) is 43.8 Å². The predicted octanol–water partition coefficient (Wildman–Crippen LogP) is 2.24. The summed E-state index contributed by atoms with van der Waals surface area (Å²) in [5.74, 6) is 0.107. The quantitative estimate of drug-likeness (QED) is 0.759. The van der Waals surface area contributed by atoms with Crippen LogP contribution in [0, 0.1) is 0 Å². The maximum atomic E-state index is 11.5. The van der Waals surface area contributed by atoms with Crippen molar-refractivity contribution >= 4 is 16.7 Å². The Morgan fingerprint density at radius 2 is 2.05 bits per heavy atom. The number of rotatable bonds is 7. The summed E-state index contributed by atoms with van der Waals surface area (Å²) in [5.41, 5.74) is 1.16. The van der Waals surface area contributed by atoms with Gasteiger partial charge in [0.1, 0.15) is 0 Å². The molecule has 0 unspecified atom stereocenters. The van der Waals surface area contributed by atoms with Crippen LogP contribution in [0.3, 0.4) is 0 Å². The molecule has 2 rings (SSSR count). The molecule has 4 heteroatoms. The molecule has 1 aromatic carbocycles. The molecule has 1 amide bonds. The number of amides is 1. The summed E-state index contributed by atoms with van der Waals surface area (Å²) in [6.45, 7) is 4.21. The number of carbonyl (C=O) groups excluding carboxylic acids is 1. The fourth-order valence-electron chi connectivity index (χ4n) is 2.10. The maximum Gasteiger partial charge on any atom is 0.221 e. The molecule has 1 heterocycles. The largest absolute Gasteiger partial charge is 0.356 e.